The summed E-state index contributed by atoms with van der Waals surface area (Å²) in [7, 11) is 0. The number of nitrogens with zero attached hydrogens (tertiary/aromatic N) is 1. The lowest BCUT2D eigenvalue weighted by molar-refractivity contribution is -0.123. The molecule has 2 atom stereocenters. The molecule has 0 spiro atoms. The summed E-state index contributed by atoms with van der Waals surface area (Å²) in [5, 5.41) is 7.11. The molecular weight excluding hydrogens is 501 g/mol. The van der Waals surface area contributed by atoms with Crippen LogP contribution in [0, 0.1) is 18.7 Å². The Kier molecular flexibility index (Phi) is 7.98. The summed E-state index contributed by atoms with van der Waals surface area (Å²) in [5.41, 5.74) is 3.13. The number of benzene rings is 3. The highest BCUT2D eigenvalue weighted by atomic mass is 35.5. The number of nitrogens with one attached hydrogen (secondary N) is 2. The van der Waals surface area contributed by atoms with Gasteiger partial charge in [-0.25, -0.2) is 4.39 Å². The molecule has 198 valence electrons. The molecule has 0 aromatic heterocycles. The number of carbonyl (C=O) groups excluding carboxylic acids is 2. The van der Waals surface area contributed by atoms with E-state index in [1.165, 1.54) is 31.7 Å². The quantitative estimate of drug-likeness (QED) is 0.347. The number of anilines is 2. The van der Waals surface area contributed by atoms with Gasteiger partial charge < -0.3 is 15.5 Å². The monoisotopic (exact) mass is 533 g/mol. The fourth-order valence-corrected chi connectivity index (χ4v) is 6.03. The Morgan fingerprint density at radius 2 is 1.66 bits per heavy atom. The first kappa shape index (κ1) is 26.2. The molecule has 1 heterocycles. The van der Waals surface area contributed by atoms with Crippen LogP contribution in [0.25, 0.3) is 0 Å². The number of amides is 2. The van der Waals surface area contributed by atoms with Gasteiger partial charge in [0.05, 0.1) is 17.5 Å². The number of hydrogen-bond acceptors (Lipinski definition) is 3. The number of carbonyl (C=O) groups is 2. The fraction of sp³-hybridized carbons (Fsp3) is 0.355. The van der Waals surface area contributed by atoms with Crippen molar-refractivity contribution in [2.75, 3.05) is 17.2 Å². The molecule has 0 radical (unpaired) electrons. The van der Waals surface area contributed by atoms with Crippen LogP contribution in [0.2, 0.25) is 5.02 Å². The van der Waals surface area contributed by atoms with Gasteiger partial charge in [0.1, 0.15) is 5.82 Å². The van der Waals surface area contributed by atoms with Crippen molar-refractivity contribution < 1.29 is 14.0 Å². The summed E-state index contributed by atoms with van der Waals surface area (Å²) in [6.45, 7) is 2.18. The Balaban J connectivity index is 1.47. The van der Waals surface area contributed by atoms with E-state index in [0.717, 1.165) is 11.3 Å². The van der Waals surface area contributed by atoms with E-state index < -0.39 is 17.8 Å². The van der Waals surface area contributed by atoms with Crippen molar-refractivity contribution in [3.63, 3.8) is 0 Å². The van der Waals surface area contributed by atoms with Gasteiger partial charge in [-0.3, -0.25) is 9.59 Å². The second-order valence-corrected chi connectivity index (χ2v) is 10.8. The van der Waals surface area contributed by atoms with Gasteiger partial charge in [-0.2, -0.15) is 0 Å². The zero-order valence-electron chi connectivity index (χ0n) is 21.6. The van der Waals surface area contributed by atoms with Gasteiger partial charge in [-0.1, -0.05) is 54.8 Å². The van der Waals surface area contributed by atoms with Gasteiger partial charge >= 0.3 is 0 Å². The van der Waals surface area contributed by atoms with E-state index in [1.54, 1.807) is 48.2 Å². The van der Waals surface area contributed by atoms with Gasteiger partial charge in [0.2, 0.25) is 5.91 Å². The largest absolute Gasteiger partial charge is 0.382 e. The smallest absolute Gasteiger partial charge is 0.257 e. The van der Waals surface area contributed by atoms with Crippen molar-refractivity contribution in [3.05, 3.63) is 94.3 Å². The summed E-state index contributed by atoms with van der Waals surface area (Å²) >= 11 is 6.13. The Bertz CT molecular complexity index is 1290. The molecule has 3 aromatic rings. The molecule has 38 heavy (non-hydrogen) atoms. The number of likely N-dealkylation sites (tertiary alicyclic amines) is 1. The molecule has 3 aromatic carbocycles. The molecule has 2 N–H and O–H groups in total. The molecule has 1 aliphatic carbocycles. The Morgan fingerprint density at radius 3 is 2.37 bits per heavy atom. The molecule has 1 saturated heterocycles. The topological polar surface area (TPSA) is 61.4 Å². The zero-order chi connectivity index (χ0) is 26.6. The maximum Gasteiger partial charge on any atom is 0.257 e. The van der Waals surface area contributed by atoms with Crippen LogP contribution in [-0.4, -0.2) is 29.3 Å². The first-order chi connectivity index (χ1) is 18.4. The van der Waals surface area contributed by atoms with Crippen molar-refractivity contribution in [2.45, 2.75) is 57.5 Å². The SMILES string of the molecule is Cc1cccc(F)c1C(=O)N1CCCC(C(=O)Nc2cccc(Cl)c2)C1c1ccc(NC2CCCC2)cc1. The molecule has 2 aliphatic rings. The molecule has 5 rings (SSSR count). The van der Waals surface area contributed by atoms with Crippen LogP contribution in [0.3, 0.4) is 0 Å². The third kappa shape index (κ3) is 5.70. The number of aryl methyl sites for hydroxylation is 1. The number of piperidine rings is 1. The predicted molar refractivity (Wildman–Crippen MR) is 150 cm³/mol. The lowest BCUT2D eigenvalue weighted by atomic mass is 9.83. The van der Waals surface area contributed by atoms with Crippen LogP contribution in [0.15, 0.2) is 66.7 Å². The fourth-order valence-electron chi connectivity index (χ4n) is 5.84. The Hall–Kier alpha value is -3.38. The van der Waals surface area contributed by atoms with E-state index in [9.17, 15) is 14.0 Å². The highest BCUT2D eigenvalue weighted by Gasteiger charge is 2.40. The summed E-state index contributed by atoms with van der Waals surface area (Å²) in [4.78, 5) is 29.1. The number of hydrogen-bond donors (Lipinski definition) is 2. The van der Waals surface area contributed by atoms with Crippen LogP contribution in [-0.2, 0) is 4.79 Å². The highest BCUT2D eigenvalue weighted by molar-refractivity contribution is 6.30. The number of rotatable bonds is 6. The first-order valence-corrected chi connectivity index (χ1v) is 13.8. The average Bonchev–Trinajstić information content (AvgIpc) is 3.42. The molecule has 1 aliphatic heterocycles. The molecule has 2 fully saturated rings. The van der Waals surface area contributed by atoms with Crippen LogP contribution in [0.4, 0.5) is 15.8 Å². The standard InChI is InChI=1S/C31H33ClFN3O2/c1-20-7-4-13-27(33)28(20)31(38)36-18-6-12-26(30(37)35-25-11-5-8-22(32)19-25)29(36)21-14-16-24(17-15-21)34-23-9-2-3-10-23/h4-5,7-8,11,13-17,19,23,26,29,34H,2-3,6,9-10,12,18H2,1H3,(H,35,37). The van der Waals surface area contributed by atoms with E-state index in [0.29, 0.717) is 41.7 Å². The predicted octanol–water partition coefficient (Wildman–Crippen LogP) is 7.37. The third-order valence-corrected chi connectivity index (χ3v) is 7.97. The van der Waals surface area contributed by atoms with Gasteiger partial charge in [0.15, 0.2) is 0 Å². The van der Waals surface area contributed by atoms with Crippen molar-refractivity contribution in [3.8, 4) is 0 Å². The van der Waals surface area contributed by atoms with Gasteiger partial charge in [-0.05, 0) is 80.1 Å². The Morgan fingerprint density at radius 1 is 0.921 bits per heavy atom. The van der Waals surface area contributed by atoms with E-state index in [2.05, 4.69) is 10.6 Å². The van der Waals surface area contributed by atoms with Crippen molar-refractivity contribution in [1.29, 1.82) is 0 Å². The normalized spacial score (nSPS) is 19.8. The van der Waals surface area contributed by atoms with Crippen molar-refractivity contribution in [2.24, 2.45) is 5.92 Å². The van der Waals surface area contributed by atoms with Gasteiger partial charge in [0.25, 0.3) is 5.91 Å². The van der Waals surface area contributed by atoms with E-state index in [4.69, 9.17) is 11.6 Å². The zero-order valence-corrected chi connectivity index (χ0v) is 22.3. The molecule has 0 bridgehead atoms. The lowest BCUT2D eigenvalue weighted by Gasteiger charge is -2.41. The lowest BCUT2D eigenvalue weighted by Crippen LogP contribution is -2.46. The minimum Gasteiger partial charge on any atom is -0.382 e. The van der Waals surface area contributed by atoms with Crippen LogP contribution in [0.1, 0.15) is 66.1 Å². The Labute approximate surface area is 228 Å². The summed E-state index contributed by atoms with van der Waals surface area (Å²) in [6.07, 6.45) is 6.08. The summed E-state index contributed by atoms with van der Waals surface area (Å²) in [6, 6.07) is 19.6. The minimum absolute atomic E-state index is 0.0629. The maximum absolute atomic E-state index is 14.9. The molecule has 2 unspecified atom stereocenters. The molecule has 1 saturated carbocycles. The first-order valence-electron chi connectivity index (χ1n) is 13.4. The highest BCUT2D eigenvalue weighted by Crippen LogP contribution is 2.39. The summed E-state index contributed by atoms with van der Waals surface area (Å²) in [5.74, 6) is -1.63. The number of halogens is 2. The van der Waals surface area contributed by atoms with E-state index in [1.807, 2.05) is 24.3 Å². The molecule has 5 nitrogen and oxygen atoms in total. The third-order valence-electron chi connectivity index (χ3n) is 7.73. The van der Waals surface area contributed by atoms with Crippen LogP contribution >= 0.6 is 11.6 Å². The van der Waals surface area contributed by atoms with Crippen molar-refractivity contribution >= 4 is 34.8 Å². The van der Waals surface area contributed by atoms with Gasteiger partial charge in [-0.15, -0.1) is 0 Å². The molecular formula is C31H33ClFN3O2. The minimum atomic E-state index is -0.546. The average molecular weight is 534 g/mol. The van der Waals surface area contributed by atoms with Crippen LogP contribution in [0.5, 0.6) is 0 Å². The molecule has 7 heteroatoms. The second-order valence-electron chi connectivity index (χ2n) is 10.4. The maximum atomic E-state index is 14.9. The molecule has 2 amide bonds. The van der Waals surface area contributed by atoms with E-state index >= 15 is 0 Å². The van der Waals surface area contributed by atoms with Crippen LogP contribution < -0.4 is 10.6 Å². The second kappa shape index (κ2) is 11.6. The van der Waals surface area contributed by atoms with Crippen molar-refractivity contribution in [1.82, 2.24) is 4.90 Å². The van der Waals surface area contributed by atoms with Gasteiger partial charge in [0, 0.05) is 29.0 Å². The summed E-state index contributed by atoms with van der Waals surface area (Å²) < 4.78 is 14.9. The van der Waals surface area contributed by atoms with E-state index in [-0.39, 0.29) is 17.4 Å².